The summed E-state index contributed by atoms with van der Waals surface area (Å²) in [5, 5.41) is 0. The van der Waals surface area contributed by atoms with Crippen LogP contribution >= 0.6 is 0 Å². The minimum atomic E-state index is -0.788. The molecule has 0 aliphatic rings. The smallest absolute Gasteiger partial charge is 0.306 e. The average Bonchev–Trinajstić information content (AvgIpc) is 3.30. The standard InChI is InChI=1S/C59H96O6/c1-4-7-10-13-15-17-19-21-23-25-27-28-29-30-32-33-35-37-39-41-43-46-49-52-58(61)64-55-56(54-63-57(60)51-48-45-12-9-6-3)65-59(62)53-50-47-44-42-40-38-36-34-31-26-24-22-20-18-16-14-11-8-5-2/h7-8,10-11,15-18,21-24,27-28,30-32,34,56H,4-6,9,12-14,19-20,25-26,29,33,35-55H2,1-3H3/b10-7-,11-8-,17-15-,18-16-,23-21-,24-22-,28-27-,32-30-,34-31-. The van der Waals surface area contributed by atoms with Gasteiger partial charge in [0, 0.05) is 19.3 Å². The first-order valence-corrected chi connectivity index (χ1v) is 26.4. The van der Waals surface area contributed by atoms with Crippen LogP contribution in [0.5, 0.6) is 0 Å². The molecule has 0 saturated heterocycles. The summed E-state index contributed by atoms with van der Waals surface area (Å²) in [6, 6.07) is 0. The Morgan fingerprint density at radius 2 is 0.600 bits per heavy atom. The third kappa shape index (κ3) is 50.9. The molecule has 6 heteroatoms. The number of hydrogen-bond acceptors (Lipinski definition) is 6. The molecule has 1 atom stereocenters. The van der Waals surface area contributed by atoms with Crippen LogP contribution in [0.4, 0.5) is 0 Å². The van der Waals surface area contributed by atoms with Crippen LogP contribution in [0.1, 0.15) is 226 Å². The molecule has 0 amide bonds. The second-order valence-corrected chi connectivity index (χ2v) is 17.0. The van der Waals surface area contributed by atoms with Crippen LogP contribution in [-0.2, 0) is 28.6 Å². The van der Waals surface area contributed by atoms with Crippen LogP contribution in [0.15, 0.2) is 109 Å². The van der Waals surface area contributed by atoms with E-state index in [0.717, 1.165) is 148 Å². The molecule has 1 unspecified atom stereocenters. The van der Waals surface area contributed by atoms with Crippen molar-refractivity contribution in [2.24, 2.45) is 0 Å². The third-order valence-corrected chi connectivity index (χ3v) is 10.8. The predicted molar refractivity (Wildman–Crippen MR) is 279 cm³/mol. The monoisotopic (exact) mass is 901 g/mol. The molecule has 0 spiro atoms. The lowest BCUT2D eigenvalue weighted by Crippen LogP contribution is -2.30. The topological polar surface area (TPSA) is 78.9 Å². The van der Waals surface area contributed by atoms with E-state index >= 15 is 0 Å². The van der Waals surface area contributed by atoms with Crippen molar-refractivity contribution in [2.75, 3.05) is 13.2 Å². The Labute approximate surface area is 400 Å². The largest absolute Gasteiger partial charge is 0.462 e. The summed E-state index contributed by atoms with van der Waals surface area (Å²) < 4.78 is 16.7. The van der Waals surface area contributed by atoms with Crippen LogP contribution in [0, 0.1) is 0 Å². The van der Waals surface area contributed by atoms with Crippen molar-refractivity contribution in [1.29, 1.82) is 0 Å². The van der Waals surface area contributed by atoms with E-state index in [1.165, 1.54) is 38.5 Å². The van der Waals surface area contributed by atoms with E-state index in [1.54, 1.807) is 0 Å². The van der Waals surface area contributed by atoms with Crippen LogP contribution in [0.25, 0.3) is 0 Å². The Morgan fingerprint density at radius 3 is 0.938 bits per heavy atom. The quantitative estimate of drug-likeness (QED) is 0.0262. The van der Waals surface area contributed by atoms with Crippen LogP contribution in [-0.4, -0.2) is 37.2 Å². The molecule has 0 heterocycles. The summed E-state index contributed by atoms with van der Waals surface area (Å²) in [4.78, 5) is 37.7. The van der Waals surface area contributed by atoms with Crippen molar-refractivity contribution in [3.05, 3.63) is 109 Å². The molecule has 0 rings (SSSR count). The number of ether oxygens (including phenoxy) is 3. The minimum absolute atomic E-state index is 0.0901. The zero-order valence-corrected chi connectivity index (χ0v) is 42.0. The van der Waals surface area contributed by atoms with E-state index in [1.807, 2.05) is 0 Å². The number of rotatable bonds is 46. The fourth-order valence-electron chi connectivity index (χ4n) is 6.87. The van der Waals surface area contributed by atoms with E-state index in [9.17, 15) is 14.4 Å². The maximum atomic E-state index is 12.8. The van der Waals surface area contributed by atoms with Crippen molar-refractivity contribution in [2.45, 2.75) is 232 Å². The summed E-state index contributed by atoms with van der Waals surface area (Å²) in [6.07, 6.45) is 71.1. The van der Waals surface area contributed by atoms with Gasteiger partial charge in [0.2, 0.25) is 0 Å². The Hall–Kier alpha value is -3.93. The fraction of sp³-hybridized carbons (Fsp3) is 0.644. The molecule has 0 aliphatic heterocycles. The molecule has 368 valence electrons. The van der Waals surface area contributed by atoms with Crippen molar-refractivity contribution in [3.8, 4) is 0 Å². The van der Waals surface area contributed by atoms with Gasteiger partial charge >= 0.3 is 17.9 Å². The maximum absolute atomic E-state index is 12.8. The summed E-state index contributed by atoms with van der Waals surface area (Å²) in [7, 11) is 0. The van der Waals surface area contributed by atoms with Crippen molar-refractivity contribution >= 4 is 17.9 Å². The minimum Gasteiger partial charge on any atom is -0.462 e. The summed E-state index contributed by atoms with van der Waals surface area (Å²) in [5.41, 5.74) is 0. The molecule has 6 nitrogen and oxygen atoms in total. The average molecular weight is 901 g/mol. The van der Waals surface area contributed by atoms with Gasteiger partial charge in [-0.2, -0.15) is 0 Å². The van der Waals surface area contributed by atoms with E-state index in [4.69, 9.17) is 14.2 Å². The number of carbonyl (C=O) groups excluding carboxylic acids is 3. The van der Waals surface area contributed by atoms with E-state index in [-0.39, 0.29) is 31.1 Å². The number of carbonyl (C=O) groups is 3. The SMILES string of the molecule is CC/C=C\C/C=C\C/C=C\C/C=C\C/C=C\CCCCCCCCCC(=O)OCC(COC(=O)CCCCCCC)OC(=O)CCCCCCCC/C=C\C/C=C\C/C=C\C/C=C\CC. The Morgan fingerprint density at radius 1 is 0.323 bits per heavy atom. The molecule has 0 aromatic carbocycles. The highest BCUT2D eigenvalue weighted by atomic mass is 16.6. The Bertz CT molecular complexity index is 1360. The lowest BCUT2D eigenvalue weighted by atomic mass is 10.1. The molecule has 0 bridgehead atoms. The van der Waals surface area contributed by atoms with Crippen molar-refractivity contribution < 1.29 is 28.6 Å². The molecule has 0 saturated carbocycles. The van der Waals surface area contributed by atoms with Gasteiger partial charge in [0.25, 0.3) is 0 Å². The van der Waals surface area contributed by atoms with Crippen LogP contribution in [0.3, 0.4) is 0 Å². The van der Waals surface area contributed by atoms with Gasteiger partial charge in [0.1, 0.15) is 13.2 Å². The highest BCUT2D eigenvalue weighted by Crippen LogP contribution is 2.13. The highest BCUT2D eigenvalue weighted by molar-refractivity contribution is 5.71. The number of hydrogen-bond donors (Lipinski definition) is 0. The zero-order chi connectivity index (χ0) is 47.2. The normalized spacial score (nSPS) is 13.0. The molecular formula is C59H96O6. The summed E-state index contributed by atoms with van der Waals surface area (Å²) in [5.74, 6) is -0.934. The van der Waals surface area contributed by atoms with Crippen molar-refractivity contribution in [3.63, 3.8) is 0 Å². The van der Waals surface area contributed by atoms with Gasteiger partial charge in [-0.15, -0.1) is 0 Å². The Kier molecular flexibility index (Phi) is 49.5. The second kappa shape index (κ2) is 52.7. The van der Waals surface area contributed by atoms with E-state index in [2.05, 4.69) is 130 Å². The van der Waals surface area contributed by atoms with E-state index < -0.39 is 6.10 Å². The highest BCUT2D eigenvalue weighted by Gasteiger charge is 2.19. The molecular weight excluding hydrogens is 805 g/mol. The summed E-state index contributed by atoms with van der Waals surface area (Å²) in [6.45, 7) is 6.29. The van der Waals surface area contributed by atoms with Crippen LogP contribution < -0.4 is 0 Å². The first kappa shape index (κ1) is 61.1. The fourth-order valence-corrected chi connectivity index (χ4v) is 6.87. The Balaban J connectivity index is 4.21. The van der Waals surface area contributed by atoms with Gasteiger partial charge in [0.15, 0.2) is 6.10 Å². The van der Waals surface area contributed by atoms with E-state index in [0.29, 0.717) is 19.3 Å². The van der Waals surface area contributed by atoms with Gasteiger partial charge in [-0.05, 0) is 103 Å². The third-order valence-electron chi connectivity index (χ3n) is 10.8. The number of unbranched alkanes of at least 4 members (excludes halogenated alkanes) is 17. The van der Waals surface area contributed by atoms with Gasteiger partial charge in [0.05, 0.1) is 0 Å². The zero-order valence-electron chi connectivity index (χ0n) is 42.0. The lowest BCUT2D eigenvalue weighted by molar-refractivity contribution is -0.167. The van der Waals surface area contributed by atoms with Gasteiger partial charge in [-0.25, -0.2) is 0 Å². The first-order valence-electron chi connectivity index (χ1n) is 26.4. The number of esters is 3. The summed E-state index contributed by atoms with van der Waals surface area (Å²) >= 11 is 0. The molecule has 0 N–H and O–H groups in total. The van der Waals surface area contributed by atoms with Gasteiger partial charge < -0.3 is 14.2 Å². The second-order valence-electron chi connectivity index (χ2n) is 17.0. The lowest BCUT2D eigenvalue weighted by Gasteiger charge is -2.18. The molecule has 0 fully saturated rings. The number of allylic oxidation sites excluding steroid dienone is 18. The van der Waals surface area contributed by atoms with Crippen molar-refractivity contribution in [1.82, 2.24) is 0 Å². The predicted octanol–water partition coefficient (Wildman–Crippen LogP) is 17.5. The molecule has 0 aromatic heterocycles. The maximum Gasteiger partial charge on any atom is 0.306 e. The molecule has 0 aromatic rings. The molecule has 0 aliphatic carbocycles. The van der Waals surface area contributed by atoms with Gasteiger partial charge in [-0.3, -0.25) is 14.4 Å². The van der Waals surface area contributed by atoms with Crippen LogP contribution in [0.2, 0.25) is 0 Å². The molecule has 0 radical (unpaired) electrons. The van der Waals surface area contributed by atoms with Gasteiger partial charge in [-0.1, -0.05) is 214 Å². The first-order chi connectivity index (χ1) is 32.0. The molecule has 65 heavy (non-hydrogen) atoms.